The van der Waals surface area contributed by atoms with E-state index in [1.54, 1.807) is 13.2 Å². The molecule has 0 spiro atoms. The molecule has 1 unspecified atom stereocenters. The molecule has 1 fully saturated rings. The number of aromatic amines is 1. The van der Waals surface area contributed by atoms with Crippen LogP contribution >= 0.6 is 0 Å². The molecule has 1 aliphatic heterocycles. The largest absolute Gasteiger partial charge is 0.384 e. The van der Waals surface area contributed by atoms with E-state index < -0.39 is 10.2 Å². The van der Waals surface area contributed by atoms with Gasteiger partial charge in [-0.25, -0.2) is 9.37 Å². The summed E-state index contributed by atoms with van der Waals surface area (Å²) in [6.45, 7) is 1.64. The van der Waals surface area contributed by atoms with Gasteiger partial charge in [0.15, 0.2) is 0 Å². The number of nitrogens with zero attached hydrogens (tertiary/aromatic N) is 3. The van der Waals surface area contributed by atoms with Crippen molar-refractivity contribution in [3.63, 3.8) is 0 Å². The Hall–Kier alpha value is -1.55. The molecule has 7 nitrogen and oxygen atoms in total. The first kappa shape index (κ1) is 18.2. The number of rotatable bonds is 6. The Morgan fingerprint density at radius 1 is 1.48 bits per heavy atom. The lowest BCUT2D eigenvalue weighted by Crippen LogP contribution is -2.47. The van der Waals surface area contributed by atoms with Crippen molar-refractivity contribution in [2.45, 2.75) is 19.4 Å². The Morgan fingerprint density at radius 2 is 2.28 bits per heavy atom. The molecule has 1 aliphatic rings. The summed E-state index contributed by atoms with van der Waals surface area (Å²) < 4.78 is 46.8. The predicted molar refractivity (Wildman–Crippen MR) is 92.6 cm³/mol. The molecular weight excluding hydrogens is 347 g/mol. The predicted octanol–water partition coefficient (Wildman–Crippen LogP) is 1.74. The van der Waals surface area contributed by atoms with Crippen LogP contribution in [0, 0.1) is 11.7 Å². The smallest absolute Gasteiger partial charge is 0.282 e. The lowest BCUT2D eigenvalue weighted by Gasteiger charge is -2.33. The average molecular weight is 370 g/mol. The first-order chi connectivity index (χ1) is 11.9. The SMILES string of the molecule is COCC1CCCN(S(=O)(=O)N(C)Cc2nc3ccc(F)cc3[nH]2)C1. The molecule has 2 aromatic rings. The molecule has 1 saturated heterocycles. The van der Waals surface area contributed by atoms with Gasteiger partial charge in [0, 0.05) is 27.2 Å². The topological polar surface area (TPSA) is 78.5 Å². The number of fused-ring (bicyclic) bond motifs is 1. The van der Waals surface area contributed by atoms with Gasteiger partial charge in [-0.15, -0.1) is 0 Å². The fraction of sp³-hybridized carbons (Fsp3) is 0.562. The van der Waals surface area contributed by atoms with Crippen molar-refractivity contribution in [2.75, 3.05) is 33.9 Å². The molecule has 0 aliphatic carbocycles. The normalized spacial score (nSPS) is 19.8. The number of aromatic nitrogens is 2. The third kappa shape index (κ3) is 4.00. The quantitative estimate of drug-likeness (QED) is 0.840. The fourth-order valence-electron chi connectivity index (χ4n) is 3.21. The third-order valence-electron chi connectivity index (χ3n) is 4.47. The first-order valence-corrected chi connectivity index (χ1v) is 9.64. The van der Waals surface area contributed by atoms with Gasteiger partial charge in [-0.05, 0) is 37.0 Å². The van der Waals surface area contributed by atoms with E-state index >= 15 is 0 Å². The van der Waals surface area contributed by atoms with Crippen molar-refractivity contribution in [2.24, 2.45) is 5.92 Å². The molecule has 25 heavy (non-hydrogen) atoms. The molecule has 9 heteroatoms. The Bertz CT molecular complexity index is 837. The number of halogens is 1. The van der Waals surface area contributed by atoms with Gasteiger partial charge >= 0.3 is 0 Å². The number of hydrogen-bond donors (Lipinski definition) is 1. The summed E-state index contributed by atoms with van der Waals surface area (Å²) in [6.07, 6.45) is 1.80. The van der Waals surface area contributed by atoms with Gasteiger partial charge in [-0.2, -0.15) is 17.0 Å². The Labute approximate surface area is 147 Å². The van der Waals surface area contributed by atoms with Crippen LogP contribution in [0.15, 0.2) is 18.2 Å². The summed E-state index contributed by atoms with van der Waals surface area (Å²) in [7, 11) is -0.420. The molecule has 0 bridgehead atoms. The maximum atomic E-state index is 13.3. The highest BCUT2D eigenvalue weighted by Gasteiger charge is 2.32. The molecule has 1 aromatic carbocycles. The van der Waals surface area contributed by atoms with Crippen LogP contribution in [0.4, 0.5) is 4.39 Å². The number of imidazole rings is 1. The van der Waals surface area contributed by atoms with E-state index in [0.717, 1.165) is 12.8 Å². The lowest BCUT2D eigenvalue weighted by atomic mass is 10.0. The average Bonchev–Trinajstić information content (AvgIpc) is 2.96. The minimum Gasteiger partial charge on any atom is -0.384 e. The summed E-state index contributed by atoms with van der Waals surface area (Å²) in [5.41, 5.74) is 1.17. The van der Waals surface area contributed by atoms with Crippen molar-refractivity contribution in [3.05, 3.63) is 29.8 Å². The molecule has 0 saturated carbocycles. The fourth-order valence-corrected chi connectivity index (χ4v) is 4.65. The van der Waals surface area contributed by atoms with Gasteiger partial charge in [0.2, 0.25) is 0 Å². The Morgan fingerprint density at radius 3 is 3.04 bits per heavy atom. The van der Waals surface area contributed by atoms with E-state index in [-0.39, 0.29) is 18.3 Å². The minimum absolute atomic E-state index is 0.101. The van der Waals surface area contributed by atoms with Crippen LogP contribution < -0.4 is 0 Å². The zero-order valence-corrected chi connectivity index (χ0v) is 15.2. The number of hydrogen-bond acceptors (Lipinski definition) is 4. The number of H-pyrrole nitrogens is 1. The van der Waals surface area contributed by atoms with Crippen molar-refractivity contribution >= 4 is 21.2 Å². The van der Waals surface area contributed by atoms with E-state index in [0.29, 0.717) is 36.6 Å². The monoisotopic (exact) mass is 370 g/mol. The molecule has 1 atom stereocenters. The van der Waals surface area contributed by atoms with Crippen LogP contribution in [0.5, 0.6) is 0 Å². The van der Waals surface area contributed by atoms with Gasteiger partial charge in [-0.3, -0.25) is 0 Å². The van der Waals surface area contributed by atoms with E-state index in [1.807, 2.05) is 0 Å². The number of benzene rings is 1. The maximum absolute atomic E-state index is 13.3. The molecular formula is C16H23FN4O3S. The molecule has 3 rings (SSSR count). The number of ether oxygens (including phenoxy) is 1. The van der Waals surface area contributed by atoms with Crippen molar-refractivity contribution in [1.82, 2.24) is 18.6 Å². The highest BCUT2D eigenvalue weighted by atomic mass is 32.2. The van der Waals surface area contributed by atoms with Gasteiger partial charge in [-0.1, -0.05) is 0 Å². The molecule has 2 heterocycles. The van der Waals surface area contributed by atoms with Crippen LogP contribution in [0.25, 0.3) is 11.0 Å². The second-order valence-electron chi connectivity index (χ2n) is 6.43. The van der Waals surface area contributed by atoms with Crippen molar-refractivity contribution in [1.29, 1.82) is 0 Å². The summed E-state index contributed by atoms with van der Waals surface area (Å²) in [5, 5.41) is 0. The first-order valence-electron chi connectivity index (χ1n) is 8.24. The minimum atomic E-state index is -3.58. The Kier molecular flexibility index (Phi) is 5.38. The molecule has 0 amide bonds. The van der Waals surface area contributed by atoms with Crippen LogP contribution in [-0.4, -0.2) is 60.9 Å². The number of methoxy groups -OCH3 is 1. The Balaban J connectivity index is 1.72. The highest BCUT2D eigenvalue weighted by Crippen LogP contribution is 2.22. The van der Waals surface area contributed by atoms with Crippen molar-refractivity contribution < 1.29 is 17.5 Å². The number of piperidine rings is 1. The molecule has 1 aromatic heterocycles. The zero-order chi connectivity index (χ0) is 18.0. The van der Waals surface area contributed by atoms with E-state index in [2.05, 4.69) is 9.97 Å². The van der Waals surface area contributed by atoms with E-state index in [1.165, 1.54) is 27.8 Å². The summed E-state index contributed by atoms with van der Waals surface area (Å²) in [6, 6.07) is 4.25. The van der Waals surface area contributed by atoms with Gasteiger partial charge in [0.05, 0.1) is 24.2 Å². The van der Waals surface area contributed by atoms with Gasteiger partial charge in [0.1, 0.15) is 11.6 Å². The van der Waals surface area contributed by atoms with Crippen LogP contribution in [0.2, 0.25) is 0 Å². The third-order valence-corrected chi connectivity index (χ3v) is 6.37. The lowest BCUT2D eigenvalue weighted by molar-refractivity contribution is 0.116. The standard InChI is InChI=1S/C16H23FN4O3S/c1-20(10-16-18-14-6-5-13(17)8-15(14)19-16)25(22,23)21-7-3-4-12(9-21)11-24-2/h5-6,8,12H,3-4,7,9-11H2,1-2H3,(H,18,19). The molecule has 0 radical (unpaired) electrons. The van der Waals surface area contributed by atoms with E-state index in [9.17, 15) is 12.8 Å². The summed E-state index contributed by atoms with van der Waals surface area (Å²) >= 11 is 0. The molecule has 138 valence electrons. The van der Waals surface area contributed by atoms with Crippen LogP contribution in [0.3, 0.4) is 0 Å². The summed E-state index contributed by atoms with van der Waals surface area (Å²) in [5.74, 6) is 0.342. The van der Waals surface area contributed by atoms with Crippen LogP contribution in [-0.2, 0) is 21.5 Å². The van der Waals surface area contributed by atoms with E-state index in [4.69, 9.17) is 4.74 Å². The highest BCUT2D eigenvalue weighted by molar-refractivity contribution is 7.86. The second kappa shape index (κ2) is 7.36. The summed E-state index contributed by atoms with van der Waals surface area (Å²) in [4.78, 5) is 7.31. The maximum Gasteiger partial charge on any atom is 0.282 e. The number of nitrogens with one attached hydrogen (secondary N) is 1. The van der Waals surface area contributed by atoms with Gasteiger partial charge in [0.25, 0.3) is 10.2 Å². The van der Waals surface area contributed by atoms with Crippen LogP contribution in [0.1, 0.15) is 18.7 Å². The molecule has 1 N–H and O–H groups in total. The van der Waals surface area contributed by atoms with Crippen molar-refractivity contribution in [3.8, 4) is 0 Å². The van der Waals surface area contributed by atoms with Gasteiger partial charge < -0.3 is 9.72 Å². The zero-order valence-electron chi connectivity index (χ0n) is 14.4. The second-order valence-corrected chi connectivity index (χ2v) is 8.47.